The SMILES string of the molecule is CCc1cccc2c3ccccc3c3ccnn3c12. The number of hydrogen-bond donors (Lipinski definition) is 0. The highest BCUT2D eigenvalue weighted by Crippen LogP contribution is 2.30. The predicted molar refractivity (Wildman–Crippen MR) is 79.6 cm³/mol. The topological polar surface area (TPSA) is 17.3 Å². The molecule has 0 fully saturated rings. The molecule has 0 atom stereocenters. The highest BCUT2D eigenvalue weighted by atomic mass is 15.2. The fraction of sp³-hybridized carbons (Fsp3) is 0.118. The van der Waals surface area contributed by atoms with Crippen molar-refractivity contribution < 1.29 is 0 Å². The first kappa shape index (κ1) is 10.6. The molecule has 0 saturated heterocycles. The minimum absolute atomic E-state index is 1.02. The Balaban J connectivity index is 2.42. The van der Waals surface area contributed by atoms with Gasteiger partial charge in [-0.1, -0.05) is 49.4 Å². The lowest BCUT2D eigenvalue weighted by atomic mass is 10.0. The van der Waals surface area contributed by atoms with Crippen LogP contribution in [0.15, 0.2) is 54.7 Å². The van der Waals surface area contributed by atoms with Gasteiger partial charge in [0.2, 0.25) is 0 Å². The van der Waals surface area contributed by atoms with E-state index in [0.717, 1.165) is 6.42 Å². The molecule has 4 rings (SSSR count). The zero-order chi connectivity index (χ0) is 12.8. The summed E-state index contributed by atoms with van der Waals surface area (Å²) in [7, 11) is 0. The van der Waals surface area contributed by atoms with Crippen LogP contribution < -0.4 is 0 Å². The predicted octanol–water partition coefficient (Wildman–Crippen LogP) is 4.20. The molecule has 0 radical (unpaired) electrons. The Morgan fingerprint density at radius 3 is 2.53 bits per heavy atom. The first-order valence-corrected chi connectivity index (χ1v) is 6.66. The molecule has 92 valence electrons. The van der Waals surface area contributed by atoms with Gasteiger partial charge in [0.15, 0.2) is 0 Å². The Bertz CT molecular complexity index is 903. The summed E-state index contributed by atoms with van der Waals surface area (Å²) in [5.41, 5.74) is 3.77. The van der Waals surface area contributed by atoms with Crippen LogP contribution in [0.25, 0.3) is 27.2 Å². The van der Waals surface area contributed by atoms with E-state index in [1.165, 1.54) is 32.8 Å². The molecule has 0 amide bonds. The van der Waals surface area contributed by atoms with Gasteiger partial charge in [-0.2, -0.15) is 5.10 Å². The number of rotatable bonds is 1. The molecule has 0 aliphatic carbocycles. The molecule has 2 heteroatoms. The van der Waals surface area contributed by atoms with Crippen molar-refractivity contribution in [1.29, 1.82) is 0 Å². The van der Waals surface area contributed by atoms with E-state index < -0.39 is 0 Å². The Kier molecular flexibility index (Phi) is 2.12. The van der Waals surface area contributed by atoms with Crippen LogP contribution in [0.1, 0.15) is 12.5 Å². The van der Waals surface area contributed by atoms with Gasteiger partial charge in [0.05, 0.1) is 17.2 Å². The monoisotopic (exact) mass is 246 g/mol. The smallest absolute Gasteiger partial charge is 0.0763 e. The van der Waals surface area contributed by atoms with Crippen molar-refractivity contribution in [1.82, 2.24) is 9.61 Å². The van der Waals surface area contributed by atoms with Crippen LogP contribution >= 0.6 is 0 Å². The molecule has 19 heavy (non-hydrogen) atoms. The quantitative estimate of drug-likeness (QED) is 0.460. The Hall–Kier alpha value is -2.35. The van der Waals surface area contributed by atoms with Crippen LogP contribution in [0.5, 0.6) is 0 Å². The molecule has 0 bridgehead atoms. The minimum atomic E-state index is 1.02. The summed E-state index contributed by atoms with van der Waals surface area (Å²) < 4.78 is 2.08. The highest BCUT2D eigenvalue weighted by molar-refractivity contribution is 6.12. The number of para-hydroxylation sites is 1. The number of benzene rings is 2. The third-order valence-corrected chi connectivity index (χ3v) is 3.85. The summed E-state index contributed by atoms with van der Waals surface area (Å²) in [5.74, 6) is 0. The number of hydrogen-bond acceptors (Lipinski definition) is 1. The van der Waals surface area contributed by atoms with Gasteiger partial charge in [0.1, 0.15) is 0 Å². The zero-order valence-corrected chi connectivity index (χ0v) is 10.8. The molecule has 4 aromatic rings. The van der Waals surface area contributed by atoms with E-state index in [-0.39, 0.29) is 0 Å². The van der Waals surface area contributed by atoms with Crippen LogP contribution in [-0.2, 0) is 6.42 Å². The second-order valence-corrected chi connectivity index (χ2v) is 4.84. The molecule has 0 N–H and O–H groups in total. The normalized spacial score (nSPS) is 11.6. The van der Waals surface area contributed by atoms with E-state index in [9.17, 15) is 0 Å². The molecule has 2 aromatic heterocycles. The minimum Gasteiger partial charge on any atom is -0.232 e. The average Bonchev–Trinajstić information content (AvgIpc) is 2.96. The van der Waals surface area contributed by atoms with E-state index in [0.29, 0.717) is 0 Å². The van der Waals surface area contributed by atoms with Crippen molar-refractivity contribution in [3.8, 4) is 0 Å². The number of nitrogens with zero attached hydrogens (tertiary/aromatic N) is 2. The van der Waals surface area contributed by atoms with Crippen molar-refractivity contribution in [2.75, 3.05) is 0 Å². The lowest BCUT2D eigenvalue weighted by molar-refractivity contribution is 0.992. The third-order valence-electron chi connectivity index (χ3n) is 3.85. The molecule has 0 unspecified atom stereocenters. The van der Waals surface area contributed by atoms with E-state index in [2.05, 4.69) is 65.1 Å². The molecular formula is C17H14N2. The van der Waals surface area contributed by atoms with E-state index >= 15 is 0 Å². The lowest BCUT2D eigenvalue weighted by Gasteiger charge is -2.11. The van der Waals surface area contributed by atoms with Gasteiger partial charge >= 0.3 is 0 Å². The summed E-state index contributed by atoms with van der Waals surface area (Å²) in [5, 5.41) is 8.38. The maximum Gasteiger partial charge on any atom is 0.0763 e. The first-order chi connectivity index (χ1) is 9.40. The number of pyridine rings is 1. The van der Waals surface area contributed by atoms with Crippen LogP contribution in [0.4, 0.5) is 0 Å². The summed E-state index contributed by atoms with van der Waals surface area (Å²) in [6.07, 6.45) is 2.90. The van der Waals surface area contributed by atoms with Gasteiger partial charge in [-0.25, -0.2) is 4.52 Å². The van der Waals surface area contributed by atoms with Gasteiger partial charge in [0, 0.05) is 10.8 Å². The van der Waals surface area contributed by atoms with Crippen LogP contribution in [-0.4, -0.2) is 9.61 Å². The van der Waals surface area contributed by atoms with E-state index in [4.69, 9.17) is 0 Å². The highest BCUT2D eigenvalue weighted by Gasteiger charge is 2.10. The average molecular weight is 246 g/mol. The number of fused-ring (bicyclic) bond motifs is 6. The lowest BCUT2D eigenvalue weighted by Crippen LogP contribution is -1.96. The fourth-order valence-corrected chi connectivity index (χ4v) is 2.97. The van der Waals surface area contributed by atoms with Crippen LogP contribution in [0.3, 0.4) is 0 Å². The molecule has 0 spiro atoms. The standard InChI is InChI=1S/C17H14N2/c1-2-12-6-5-9-15-13-7-3-4-8-14(13)16-10-11-18-19(16)17(12)15/h3-11H,2H2,1H3. The van der Waals surface area contributed by atoms with Gasteiger partial charge in [0.25, 0.3) is 0 Å². The largest absolute Gasteiger partial charge is 0.232 e. The Morgan fingerprint density at radius 1 is 0.895 bits per heavy atom. The van der Waals surface area contributed by atoms with Crippen molar-refractivity contribution in [2.45, 2.75) is 13.3 Å². The summed E-state index contributed by atoms with van der Waals surface area (Å²) in [6.45, 7) is 2.19. The Labute approximate surface area is 111 Å². The second-order valence-electron chi connectivity index (χ2n) is 4.84. The number of aryl methyl sites for hydroxylation is 1. The summed E-state index contributed by atoms with van der Waals surface area (Å²) >= 11 is 0. The molecule has 0 aliphatic rings. The maximum atomic E-state index is 4.52. The van der Waals surface area contributed by atoms with Crippen LogP contribution in [0.2, 0.25) is 0 Å². The third kappa shape index (κ3) is 1.34. The molecule has 2 nitrogen and oxygen atoms in total. The van der Waals surface area contributed by atoms with Gasteiger partial charge in [-0.15, -0.1) is 0 Å². The summed E-state index contributed by atoms with van der Waals surface area (Å²) in [4.78, 5) is 0. The van der Waals surface area contributed by atoms with Gasteiger partial charge in [-0.3, -0.25) is 0 Å². The van der Waals surface area contributed by atoms with Crippen molar-refractivity contribution >= 4 is 27.2 Å². The van der Waals surface area contributed by atoms with E-state index in [1.54, 1.807) is 0 Å². The maximum absolute atomic E-state index is 4.52. The van der Waals surface area contributed by atoms with Crippen LogP contribution in [0, 0.1) is 0 Å². The summed E-state index contributed by atoms with van der Waals surface area (Å²) in [6, 6.07) is 17.2. The fourth-order valence-electron chi connectivity index (χ4n) is 2.97. The molecular weight excluding hydrogens is 232 g/mol. The zero-order valence-electron chi connectivity index (χ0n) is 10.8. The van der Waals surface area contributed by atoms with Gasteiger partial charge in [-0.05, 0) is 23.4 Å². The molecule has 0 aliphatic heterocycles. The first-order valence-electron chi connectivity index (χ1n) is 6.66. The molecule has 0 saturated carbocycles. The molecule has 2 aromatic carbocycles. The Morgan fingerprint density at radius 2 is 1.68 bits per heavy atom. The number of aromatic nitrogens is 2. The second kappa shape index (κ2) is 3.82. The van der Waals surface area contributed by atoms with Gasteiger partial charge < -0.3 is 0 Å². The van der Waals surface area contributed by atoms with E-state index in [1.807, 2.05) is 6.20 Å². The van der Waals surface area contributed by atoms with Crippen molar-refractivity contribution in [3.63, 3.8) is 0 Å². The van der Waals surface area contributed by atoms with Crippen molar-refractivity contribution in [3.05, 3.63) is 60.3 Å². The van der Waals surface area contributed by atoms with Crippen molar-refractivity contribution in [2.24, 2.45) is 0 Å². The molecule has 2 heterocycles.